The van der Waals surface area contributed by atoms with Gasteiger partial charge in [-0.05, 0) is 11.6 Å². The summed E-state index contributed by atoms with van der Waals surface area (Å²) in [6.45, 7) is 0.623. The van der Waals surface area contributed by atoms with Crippen molar-refractivity contribution in [2.45, 2.75) is 6.54 Å². The molecule has 4 heteroatoms. The van der Waals surface area contributed by atoms with E-state index in [0.717, 1.165) is 11.3 Å². The standard InChI is InChI=1S/C9H10N2OS/c1-13(12)9-10-6-7-4-2-3-5-8(7)11-9/h2-5H,6H2,1H3,(H,10,11). The Labute approximate surface area is 79.3 Å². The van der Waals surface area contributed by atoms with Gasteiger partial charge in [-0.15, -0.1) is 0 Å². The average molecular weight is 194 g/mol. The molecule has 1 aromatic rings. The molecule has 0 amide bonds. The van der Waals surface area contributed by atoms with Crippen molar-refractivity contribution in [3.05, 3.63) is 29.8 Å². The van der Waals surface area contributed by atoms with Gasteiger partial charge in [-0.1, -0.05) is 18.2 Å². The first-order chi connectivity index (χ1) is 6.27. The predicted molar refractivity (Wildman–Crippen MR) is 55.3 cm³/mol. The van der Waals surface area contributed by atoms with Gasteiger partial charge in [0.15, 0.2) is 5.17 Å². The van der Waals surface area contributed by atoms with Crippen LogP contribution in [0.1, 0.15) is 5.56 Å². The Morgan fingerprint density at radius 1 is 1.46 bits per heavy atom. The zero-order chi connectivity index (χ0) is 9.26. The third-order valence-electron chi connectivity index (χ3n) is 1.92. The van der Waals surface area contributed by atoms with Gasteiger partial charge >= 0.3 is 0 Å². The zero-order valence-electron chi connectivity index (χ0n) is 7.28. The van der Waals surface area contributed by atoms with Crippen LogP contribution in [0.15, 0.2) is 29.3 Å². The van der Waals surface area contributed by atoms with Crippen LogP contribution in [0.4, 0.5) is 5.69 Å². The summed E-state index contributed by atoms with van der Waals surface area (Å²) in [4.78, 5) is 4.18. The lowest BCUT2D eigenvalue weighted by Gasteiger charge is -2.16. The molecule has 1 aromatic carbocycles. The lowest BCUT2D eigenvalue weighted by molar-refractivity contribution is 0.692. The van der Waals surface area contributed by atoms with E-state index >= 15 is 0 Å². The summed E-state index contributed by atoms with van der Waals surface area (Å²) < 4.78 is 11.1. The molecule has 1 heterocycles. The molecule has 0 aliphatic carbocycles. The van der Waals surface area contributed by atoms with Crippen molar-refractivity contribution in [2.24, 2.45) is 4.99 Å². The van der Waals surface area contributed by atoms with Gasteiger partial charge in [0.05, 0.1) is 17.3 Å². The lowest BCUT2D eigenvalue weighted by atomic mass is 10.1. The van der Waals surface area contributed by atoms with Crippen LogP contribution in [-0.4, -0.2) is 15.6 Å². The van der Waals surface area contributed by atoms with E-state index in [0.29, 0.717) is 11.7 Å². The number of hydrogen-bond donors (Lipinski definition) is 1. The smallest absolute Gasteiger partial charge is 0.192 e. The van der Waals surface area contributed by atoms with E-state index in [9.17, 15) is 4.21 Å². The maximum Gasteiger partial charge on any atom is 0.192 e. The normalized spacial score (nSPS) is 16.8. The number of para-hydroxylation sites is 1. The molecule has 13 heavy (non-hydrogen) atoms. The van der Waals surface area contributed by atoms with Crippen molar-refractivity contribution in [3.63, 3.8) is 0 Å². The summed E-state index contributed by atoms with van der Waals surface area (Å²) in [6.07, 6.45) is 1.62. The molecule has 0 saturated carbocycles. The Kier molecular flexibility index (Phi) is 2.14. The largest absolute Gasteiger partial charge is 0.333 e. The maximum absolute atomic E-state index is 11.1. The van der Waals surface area contributed by atoms with Gasteiger partial charge in [-0.25, -0.2) is 0 Å². The Hall–Kier alpha value is -1.16. The highest BCUT2D eigenvalue weighted by Gasteiger charge is 2.12. The Morgan fingerprint density at radius 3 is 3.00 bits per heavy atom. The Bertz CT molecular complexity index is 387. The van der Waals surface area contributed by atoms with Crippen LogP contribution in [0.2, 0.25) is 0 Å². The second-order valence-corrected chi connectivity index (χ2v) is 4.15. The van der Waals surface area contributed by atoms with Gasteiger partial charge in [-0.3, -0.25) is 9.20 Å². The van der Waals surface area contributed by atoms with Crippen LogP contribution >= 0.6 is 0 Å². The van der Waals surface area contributed by atoms with E-state index in [2.05, 4.69) is 10.3 Å². The molecule has 68 valence electrons. The minimum Gasteiger partial charge on any atom is -0.333 e. The summed E-state index contributed by atoms with van der Waals surface area (Å²) in [7, 11) is -1.02. The molecule has 0 spiro atoms. The highest BCUT2D eigenvalue weighted by atomic mass is 32.2. The predicted octanol–water partition coefficient (Wildman–Crippen LogP) is 1.35. The molecule has 3 nitrogen and oxygen atoms in total. The summed E-state index contributed by atoms with van der Waals surface area (Å²) in [5.74, 6) is 0. The van der Waals surface area contributed by atoms with Gasteiger partial charge in [0.25, 0.3) is 0 Å². The van der Waals surface area contributed by atoms with Crippen molar-refractivity contribution in [1.29, 1.82) is 0 Å². The van der Waals surface area contributed by atoms with Crippen molar-refractivity contribution >= 4 is 21.7 Å². The first-order valence-corrected chi connectivity index (χ1v) is 5.56. The third-order valence-corrected chi connectivity index (χ3v) is 2.70. The SMILES string of the molecule is CS(=O)C1=NCc2ccccc2N1. The quantitative estimate of drug-likeness (QED) is 0.677. The van der Waals surface area contributed by atoms with Gasteiger partial charge in [-0.2, -0.15) is 0 Å². The second kappa shape index (κ2) is 3.30. The van der Waals surface area contributed by atoms with Crippen LogP contribution in [-0.2, 0) is 17.3 Å². The molecule has 0 fully saturated rings. The molecule has 1 aliphatic heterocycles. The fraction of sp³-hybridized carbons (Fsp3) is 0.222. The fourth-order valence-corrected chi connectivity index (χ4v) is 1.75. The van der Waals surface area contributed by atoms with Crippen LogP contribution in [0.3, 0.4) is 0 Å². The number of amidine groups is 1. The topological polar surface area (TPSA) is 41.5 Å². The molecule has 0 bridgehead atoms. The first kappa shape index (κ1) is 8.44. The van der Waals surface area contributed by atoms with Crippen molar-refractivity contribution in [3.8, 4) is 0 Å². The number of fused-ring (bicyclic) bond motifs is 1. The summed E-state index contributed by atoms with van der Waals surface area (Å²) in [5, 5.41) is 3.61. The molecule has 1 atom stereocenters. The highest BCUT2D eigenvalue weighted by Crippen LogP contribution is 2.19. The number of anilines is 1. The molecular weight excluding hydrogens is 184 g/mol. The van der Waals surface area contributed by atoms with Gasteiger partial charge in [0.2, 0.25) is 0 Å². The molecule has 2 rings (SSSR count). The van der Waals surface area contributed by atoms with E-state index in [4.69, 9.17) is 0 Å². The monoisotopic (exact) mass is 194 g/mol. The fourth-order valence-electron chi connectivity index (χ4n) is 1.25. The van der Waals surface area contributed by atoms with Gasteiger partial charge in [0, 0.05) is 11.9 Å². The molecule has 0 aromatic heterocycles. The number of benzene rings is 1. The zero-order valence-corrected chi connectivity index (χ0v) is 8.10. The number of rotatable bonds is 0. The van der Waals surface area contributed by atoms with Crippen molar-refractivity contribution < 1.29 is 4.21 Å². The van der Waals surface area contributed by atoms with E-state index in [1.807, 2.05) is 24.3 Å². The summed E-state index contributed by atoms with van der Waals surface area (Å²) in [6, 6.07) is 7.91. The van der Waals surface area contributed by atoms with Crippen LogP contribution in [0.25, 0.3) is 0 Å². The molecule has 1 aliphatic rings. The first-order valence-electron chi connectivity index (χ1n) is 4.00. The number of nitrogens with one attached hydrogen (secondary N) is 1. The second-order valence-electron chi connectivity index (χ2n) is 2.86. The van der Waals surface area contributed by atoms with E-state index < -0.39 is 10.8 Å². The molecule has 1 N–H and O–H groups in total. The van der Waals surface area contributed by atoms with Gasteiger partial charge in [0.1, 0.15) is 0 Å². The van der Waals surface area contributed by atoms with E-state index in [1.165, 1.54) is 0 Å². The van der Waals surface area contributed by atoms with Crippen molar-refractivity contribution in [1.82, 2.24) is 0 Å². The lowest BCUT2D eigenvalue weighted by Crippen LogP contribution is -2.21. The van der Waals surface area contributed by atoms with Crippen LogP contribution in [0, 0.1) is 0 Å². The Balaban J connectivity index is 2.33. The Morgan fingerprint density at radius 2 is 2.23 bits per heavy atom. The van der Waals surface area contributed by atoms with E-state index in [1.54, 1.807) is 6.26 Å². The number of aliphatic imine (C=N–C) groups is 1. The van der Waals surface area contributed by atoms with Gasteiger partial charge < -0.3 is 5.32 Å². The number of nitrogens with zero attached hydrogens (tertiary/aromatic N) is 1. The minimum absolute atomic E-state index is 0.568. The number of hydrogen-bond acceptors (Lipinski definition) is 3. The van der Waals surface area contributed by atoms with Crippen molar-refractivity contribution in [2.75, 3.05) is 11.6 Å². The van der Waals surface area contributed by atoms with Crippen LogP contribution < -0.4 is 5.32 Å². The molecule has 0 radical (unpaired) electrons. The van der Waals surface area contributed by atoms with Crippen LogP contribution in [0.5, 0.6) is 0 Å². The highest BCUT2D eigenvalue weighted by molar-refractivity contribution is 8.00. The molecule has 1 unspecified atom stereocenters. The minimum atomic E-state index is -1.02. The summed E-state index contributed by atoms with van der Waals surface area (Å²) in [5.41, 5.74) is 2.17. The average Bonchev–Trinajstić information content (AvgIpc) is 2.17. The maximum atomic E-state index is 11.1. The summed E-state index contributed by atoms with van der Waals surface area (Å²) >= 11 is 0. The third kappa shape index (κ3) is 1.62. The van der Waals surface area contributed by atoms with E-state index in [-0.39, 0.29) is 0 Å². The molecular formula is C9H10N2OS. The molecule has 0 saturated heterocycles.